The van der Waals surface area contributed by atoms with E-state index < -0.39 is 49.1 Å². The number of hydrogen-bond acceptors (Lipinski definition) is 9. The Morgan fingerprint density at radius 2 is 1.58 bits per heavy atom. The van der Waals surface area contributed by atoms with E-state index in [2.05, 4.69) is 0 Å². The maximum absolute atomic E-state index is 12.1. The van der Waals surface area contributed by atoms with E-state index in [1.807, 2.05) is 0 Å². The summed E-state index contributed by atoms with van der Waals surface area (Å²) in [5.74, 6) is -1.17. The van der Waals surface area contributed by atoms with Crippen molar-refractivity contribution < 1.29 is 44.3 Å². The molecule has 0 aromatic heterocycles. The molecule has 0 bridgehead atoms. The van der Waals surface area contributed by atoms with Gasteiger partial charge in [-0.3, -0.25) is 14.4 Å². The van der Waals surface area contributed by atoms with Gasteiger partial charge in [0.1, 0.15) is 24.4 Å². The van der Waals surface area contributed by atoms with Crippen LogP contribution in [0.1, 0.15) is 20.7 Å². The zero-order valence-corrected chi connectivity index (χ0v) is 13.6. The predicted octanol–water partition coefficient (Wildman–Crippen LogP) is -1.97. The van der Waals surface area contributed by atoms with E-state index in [0.717, 1.165) is 0 Å². The average Bonchev–Trinajstić information content (AvgIpc) is 2.90. The third-order valence-corrected chi connectivity index (χ3v) is 4.19. The second-order valence-electron chi connectivity index (χ2n) is 5.85. The quantitative estimate of drug-likeness (QED) is 0.331. The lowest BCUT2D eigenvalue weighted by Gasteiger charge is -2.39. The van der Waals surface area contributed by atoms with Crippen LogP contribution in [0.5, 0.6) is 0 Å². The van der Waals surface area contributed by atoms with Gasteiger partial charge in [0.05, 0.1) is 30.9 Å². The summed E-state index contributed by atoms with van der Waals surface area (Å²) in [5.41, 5.74) is 0.486. The van der Waals surface area contributed by atoms with Crippen molar-refractivity contribution in [1.29, 1.82) is 0 Å². The summed E-state index contributed by atoms with van der Waals surface area (Å²) in [5, 5.41) is 38.9. The van der Waals surface area contributed by atoms with Gasteiger partial charge < -0.3 is 29.9 Å². The molecule has 10 nitrogen and oxygen atoms in total. The number of benzene rings is 1. The summed E-state index contributed by atoms with van der Waals surface area (Å²) in [7, 11) is 0. The molecule has 1 saturated heterocycles. The van der Waals surface area contributed by atoms with Crippen molar-refractivity contribution in [1.82, 2.24) is 5.06 Å². The van der Waals surface area contributed by atoms with E-state index in [4.69, 9.17) is 19.4 Å². The molecule has 2 heterocycles. The van der Waals surface area contributed by atoms with Crippen molar-refractivity contribution in [3.63, 3.8) is 0 Å². The van der Waals surface area contributed by atoms with Gasteiger partial charge in [0, 0.05) is 0 Å². The fourth-order valence-corrected chi connectivity index (χ4v) is 2.78. The summed E-state index contributed by atoms with van der Waals surface area (Å²) in [6.07, 6.45) is -6.97. The Hall–Kier alpha value is -1.92. The first-order valence-corrected chi connectivity index (χ1v) is 7.98. The largest absolute Gasteiger partial charge is 0.394 e. The molecule has 2 aliphatic rings. The predicted molar refractivity (Wildman–Crippen MR) is 82.6 cm³/mol. The molecular formula is C16H19NO9. The molecule has 0 spiro atoms. The maximum Gasteiger partial charge on any atom is 0.285 e. The summed E-state index contributed by atoms with van der Waals surface area (Å²) < 4.78 is 10.4. The highest BCUT2D eigenvalue weighted by molar-refractivity contribution is 6.20. The van der Waals surface area contributed by atoms with Crippen molar-refractivity contribution in [3.8, 4) is 0 Å². The molecule has 10 heteroatoms. The van der Waals surface area contributed by atoms with Crippen molar-refractivity contribution in [2.75, 3.05) is 19.8 Å². The Labute approximate surface area is 148 Å². The number of carbonyl (C=O) groups is 2. The average molecular weight is 369 g/mol. The molecule has 2 amide bonds. The lowest BCUT2D eigenvalue weighted by atomic mass is 9.99. The first kappa shape index (κ1) is 18.9. The highest BCUT2D eigenvalue weighted by atomic mass is 16.7. The van der Waals surface area contributed by atoms with E-state index >= 15 is 0 Å². The molecule has 4 N–H and O–H groups in total. The molecule has 0 radical (unpaired) electrons. The van der Waals surface area contributed by atoms with Crippen LogP contribution in [0, 0.1) is 0 Å². The number of rotatable bonds is 6. The number of aliphatic hydroxyl groups excluding tert-OH is 4. The van der Waals surface area contributed by atoms with Crippen LogP contribution in [0.15, 0.2) is 24.3 Å². The summed E-state index contributed by atoms with van der Waals surface area (Å²) in [6, 6.07) is 6.30. The number of amides is 2. The highest BCUT2D eigenvalue weighted by Crippen LogP contribution is 2.23. The molecule has 5 atom stereocenters. The number of imide groups is 1. The Morgan fingerprint density at radius 1 is 0.962 bits per heavy atom. The summed E-state index contributed by atoms with van der Waals surface area (Å²) in [6.45, 7) is -0.965. The fraction of sp³-hybridized carbons (Fsp3) is 0.500. The zero-order valence-electron chi connectivity index (χ0n) is 13.6. The maximum atomic E-state index is 12.1. The Morgan fingerprint density at radius 3 is 2.15 bits per heavy atom. The standard InChI is InChI=1S/C16H19NO9/c18-7-10-11(19)12(20)13(21)16(26-10)24-5-6-25-17-14(22)8-3-1-2-4-9(8)15(17)23/h1-4,10-13,16,18-21H,5-7H2/t10-,11-,12+,13+,16?/m1/s1. The van der Waals surface area contributed by atoms with Crippen molar-refractivity contribution >= 4 is 11.8 Å². The Bertz CT molecular complexity index is 644. The first-order chi connectivity index (χ1) is 12.5. The zero-order chi connectivity index (χ0) is 18.8. The van der Waals surface area contributed by atoms with Crippen LogP contribution >= 0.6 is 0 Å². The van der Waals surface area contributed by atoms with Crippen LogP contribution in [0.4, 0.5) is 0 Å². The van der Waals surface area contributed by atoms with Gasteiger partial charge in [0.25, 0.3) is 11.8 Å². The minimum Gasteiger partial charge on any atom is -0.394 e. The van der Waals surface area contributed by atoms with Gasteiger partial charge in [-0.2, -0.15) is 0 Å². The molecule has 0 aliphatic carbocycles. The molecule has 0 saturated carbocycles. The summed E-state index contributed by atoms with van der Waals surface area (Å²) in [4.78, 5) is 29.4. The lowest BCUT2D eigenvalue weighted by molar-refractivity contribution is -0.304. The van der Waals surface area contributed by atoms with Crippen molar-refractivity contribution in [2.24, 2.45) is 0 Å². The number of nitrogens with zero attached hydrogens (tertiary/aromatic N) is 1. The van der Waals surface area contributed by atoms with Gasteiger partial charge in [-0.15, -0.1) is 5.06 Å². The minimum atomic E-state index is -1.55. The van der Waals surface area contributed by atoms with Crippen LogP contribution in [-0.4, -0.2) is 87.8 Å². The molecule has 1 fully saturated rings. The first-order valence-electron chi connectivity index (χ1n) is 7.98. The van der Waals surface area contributed by atoms with Crippen LogP contribution in [-0.2, 0) is 14.3 Å². The SMILES string of the molecule is O=C1c2ccccc2C(=O)N1OCCOC1O[C@H](CO)[C@@H](O)[C@H](O)[C@@H]1O. The normalized spacial score (nSPS) is 31.4. The number of aliphatic hydroxyl groups is 4. The molecule has 3 rings (SSSR count). The highest BCUT2D eigenvalue weighted by Gasteiger charge is 2.44. The molecule has 26 heavy (non-hydrogen) atoms. The number of hydrogen-bond donors (Lipinski definition) is 4. The number of fused-ring (bicyclic) bond motifs is 1. The topological polar surface area (TPSA) is 146 Å². The van der Waals surface area contributed by atoms with Gasteiger partial charge in [0.2, 0.25) is 0 Å². The second-order valence-corrected chi connectivity index (χ2v) is 5.85. The van der Waals surface area contributed by atoms with Crippen LogP contribution < -0.4 is 0 Å². The van der Waals surface area contributed by atoms with Gasteiger partial charge in [0.15, 0.2) is 6.29 Å². The monoisotopic (exact) mass is 369 g/mol. The fourth-order valence-electron chi connectivity index (χ4n) is 2.78. The molecule has 142 valence electrons. The third kappa shape index (κ3) is 3.35. The van der Waals surface area contributed by atoms with E-state index in [0.29, 0.717) is 5.06 Å². The molecule has 2 aliphatic heterocycles. The van der Waals surface area contributed by atoms with Crippen molar-refractivity contribution in [2.45, 2.75) is 30.7 Å². The van der Waals surface area contributed by atoms with E-state index in [9.17, 15) is 24.9 Å². The van der Waals surface area contributed by atoms with Gasteiger partial charge in [-0.05, 0) is 12.1 Å². The van der Waals surface area contributed by atoms with E-state index in [1.54, 1.807) is 12.1 Å². The summed E-state index contributed by atoms with van der Waals surface area (Å²) >= 11 is 0. The molecule has 1 aromatic rings. The lowest BCUT2D eigenvalue weighted by Crippen LogP contribution is -2.59. The van der Waals surface area contributed by atoms with Gasteiger partial charge in [-0.25, -0.2) is 0 Å². The van der Waals surface area contributed by atoms with Crippen LogP contribution in [0.25, 0.3) is 0 Å². The minimum absolute atomic E-state index is 0.184. The third-order valence-electron chi connectivity index (χ3n) is 4.19. The van der Waals surface area contributed by atoms with Gasteiger partial charge >= 0.3 is 0 Å². The van der Waals surface area contributed by atoms with Crippen LogP contribution in [0.2, 0.25) is 0 Å². The number of carbonyl (C=O) groups excluding carboxylic acids is 2. The number of ether oxygens (including phenoxy) is 2. The molecule has 1 unspecified atom stereocenters. The van der Waals surface area contributed by atoms with Gasteiger partial charge in [-0.1, -0.05) is 12.1 Å². The van der Waals surface area contributed by atoms with E-state index in [1.165, 1.54) is 12.1 Å². The van der Waals surface area contributed by atoms with Crippen LogP contribution in [0.3, 0.4) is 0 Å². The van der Waals surface area contributed by atoms with Crippen molar-refractivity contribution in [3.05, 3.63) is 35.4 Å². The van der Waals surface area contributed by atoms with E-state index in [-0.39, 0.29) is 24.3 Å². The Balaban J connectivity index is 1.50. The smallest absolute Gasteiger partial charge is 0.285 e. The molecule has 1 aromatic carbocycles. The number of hydroxylamine groups is 2. The second kappa shape index (κ2) is 7.76. The Kier molecular flexibility index (Phi) is 5.63. The molecular weight excluding hydrogens is 350 g/mol.